The smallest absolute Gasteiger partial charge is 0.0994 e. The second-order valence-corrected chi connectivity index (χ2v) is 6.72. The molecular formula is C12H8Cl4S. The van der Waals surface area contributed by atoms with E-state index in [1.54, 1.807) is 6.07 Å². The molecule has 17 heavy (non-hydrogen) atoms. The number of alkyl halides is 1. The Morgan fingerprint density at radius 1 is 1.12 bits per heavy atom. The summed E-state index contributed by atoms with van der Waals surface area (Å²) in [6.45, 7) is 1.94. The highest BCUT2D eigenvalue weighted by Crippen LogP contribution is 2.42. The fraction of sp³-hybridized carbons (Fsp3) is 0.167. The second kappa shape index (κ2) is 5.38. The molecule has 2 aromatic rings. The molecule has 0 bridgehead atoms. The van der Waals surface area contributed by atoms with Crippen molar-refractivity contribution in [2.45, 2.75) is 12.3 Å². The third-order valence-electron chi connectivity index (χ3n) is 2.45. The van der Waals surface area contributed by atoms with E-state index in [-0.39, 0.29) is 5.38 Å². The standard InChI is InChI=1S/C12H8Cl4S/c1-6-3-2-4-7(10(6)14)11(15)8-5-9(13)17-12(8)16/h2-5,11H,1H3. The first kappa shape index (κ1) is 13.5. The first-order valence-electron chi connectivity index (χ1n) is 4.84. The molecule has 0 aliphatic carbocycles. The molecule has 0 saturated carbocycles. The molecule has 5 heteroatoms. The summed E-state index contributed by atoms with van der Waals surface area (Å²) >= 11 is 26.0. The largest absolute Gasteiger partial charge is 0.112 e. The van der Waals surface area contributed by atoms with Gasteiger partial charge in [0, 0.05) is 10.6 Å². The van der Waals surface area contributed by atoms with Crippen LogP contribution < -0.4 is 0 Å². The van der Waals surface area contributed by atoms with E-state index >= 15 is 0 Å². The highest BCUT2D eigenvalue weighted by atomic mass is 35.5. The molecule has 0 nitrogen and oxygen atoms in total. The predicted molar refractivity (Wildman–Crippen MR) is 78.2 cm³/mol. The molecule has 1 atom stereocenters. The Morgan fingerprint density at radius 3 is 2.41 bits per heavy atom. The van der Waals surface area contributed by atoms with Crippen molar-refractivity contribution in [3.05, 3.63) is 54.7 Å². The van der Waals surface area contributed by atoms with Crippen LogP contribution in [0.2, 0.25) is 13.7 Å². The molecule has 0 N–H and O–H groups in total. The van der Waals surface area contributed by atoms with Gasteiger partial charge in [0.25, 0.3) is 0 Å². The lowest BCUT2D eigenvalue weighted by molar-refractivity contribution is 1.15. The summed E-state index contributed by atoms with van der Waals surface area (Å²) in [6, 6.07) is 7.55. The van der Waals surface area contributed by atoms with E-state index in [0.29, 0.717) is 13.7 Å². The van der Waals surface area contributed by atoms with Gasteiger partial charge in [0.15, 0.2) is 0 Å². The zero-order valence-corrected chi connectivity index (χ0v) is 12.6. The van der Waals surface area contributed by atoms with Gasteiger partial charge in [-0.15, -0.1) is 22.9 Å². The van der Waals surface area contributed by atoms with Crippen molar-refractivity contribution >= 4 is 57.7 Å². The number of rotatable bonds is 2. The molecule has 0 radical (unpaired) electrons. The molecule has 0 amide bonds. The third kappa shape index (κ3) is 2.74. The fourth-order valence-corrected chi connectivity index (χ4v) is 3.86. The normalized spacial score (nSPS) is 12.8. The Kier molecular flexibility index (Phi) is 4.27. The minimum Gasteiger partial charge on any atom is -0.112 e. The summed E-state index contributed by atoms with van der Waals surface area (Å²) in [5.41, 5.74) is 2.65. The average Bonchev–Trinajstić information content (AvgIpc) is 2.61. The zero-order chi connectivity index (χ0) is 12.6. The first-order valence-corrected chi connectivity index (χ1v) is 7.23. The Morgan fingerprint density at radius 2 is 1.82 bits per heavy atom. The highest BCUT2D eigenvalue weighted by molar-refractivity contribution is 7.20. The summed E-state index contributed by atoms with van der Waals surface area (Å²) < 4.78 is 1.23. The lowest BCUT2D eigenvalue weighted by Gasteiger charge is -2.12. The van der Waals surface area contributed by atoms with Crippen molar-refractivity contribution in [2.24, 2.45) is 0 Å². The van der Waals surface area contributed by atoms with Crippen molar-refractivity contribution < 1.29 is 0 Å². The van der Waals surface area contributed by atoms with E-state index in [4.69, 9.17) is 46.4 Å². The van der Waals surface area contributed by atoms with Crippen LogP contribution in [0.15, 0.2) is 24.3 Å². The van der Waals surface area contributed by atoms with Crippen LogP contribution in [0, 0.1) is 6.92 Å². The van der Waals surface area contributed by atoms with Gasteiger partial charge in [0.2, 0.25) is 0 Å². The number of halogens is 4. The first-order chi connectivity index (χ1) is 8.00. The van der Waals surface area contributed by atoms with Gasteiger partial charge in [0.05, 0.1) is 14.0 Å². The van der Waals surface area contributed by atoms with E-state index in [2.05, 4.69) is 0 Å². The molecule has 0 saturated heterocycles. The van der Waals surface area contributed by atoms with Gasteiger partial charge in [-0.05, 0) is 24.1 Å². The Labute approximate surface area is 124 Å². The van der Waals surface area contributed by atoms with Crippen LogP contribution in [-0.4, -0.2) is 0 Å². The molecule has 0 aliphatic heterocycles. The topological polar surface area (TPSA) is 0 Å². The molecule has 1 heterocycles. The zero-order valence-electron chi connectivity index (χ0n) is 8.81. The minimum absolute atomic E-state index is 0.376. The summed E-state index contributed by atoms with van der Waals surface area (Å²) in [4.78, 5) is 0. The van der Waals surface area contributed by atoms with Gasteiger partial charge in [-0.2, -0.15) is 0 Å². The number of hydrogen-bond donors (Lipinski definition) is 0. The Bertz CT molecular complexity index is 547. The summed E-state index contributed by atoms with van der Waals surface area (Å²) in [5.74, 6) is 0. The molecule has 0 fully saturated rings. The van der Waals surface area contributed by atoms with Gasteiger partial charge in [0.1, 0.15) is 0 Å². The van der Waals surface area contributed by atoms with Gasteiger partial charge < -0.3 is 0 Å². The van der Waals surface area contributed by atoms with E-state index in [0.717, 1.165) is 16.7 Å². The van der Waals surface area contributed by atoms with Crippen LogP contribution in [0.3, 0.4) is 0 Å². The van der Waals surface area contributed by atoms with Crippen LogP contribution in [-0.2, 0) is 0 Å². The van der Waals surface area contributed by atoms with Crippen LogP contribution >= 0.6 is 57.7 Å². The summed E-state index contributed by atoms with van der Waals surface area (Å²) in [5, 5.41) is 0.296. The van der Waals surface area contributed by atoms with E-state index < -0.39 is 0 Å². The van der Waals surface area contributed by atoms with Crippen molar-refractivity contribution in [1.29, 1.82) is 0 Å². The van der Waals surface area contributed by atoms with Crippen LogP contribution in [0.5, 0.6) is 0 Å². The Balaban J connectivity index is 2.47. The lowest BCUT2D eigenvalue weighted by atomic mass is 10.0. The maximum Gasteiger partial charge on any atom is 0.0994 e. The molecular weight excluding hydrogens is 318 g/mol. The van der Waals surface area contributed by atoms with E-state index in [9.17, 15) is 0 Å². The quantitative estimate of drug-likeness (QED) is 0.565. The number of hydrogen-bond acceptors (Lipinski definition) is 1. The van der Waals surface area contributed by atoms with Crippen LogP contribution in [0.4, 0.5) is 0 Å². The van der Waals surface area contributed by atoms with Gasteiger partial charge >= 0.3 is 0 Å². The molecule has 1 unspecified atom stereocenters. The van der Waals surface area contributed by atoms with Crippen molar-refractivity contribution in [3.63, 3.8) is 0 Å². The highest BCUT2D eigenvalue weighted by Gasteiger charge is 2.19. The molecule has 1 aromatic heterocycles. The molecule has 1 aromatic carbocycles. The fourth-order valence-electron chi connectivity index (χ4n) is 1.56. The van der Waals surface area contributed by atoms with Gasteiger partial charge in [-0.1, -0.05) is 53.0 Å². The monoisotopic (exact) mass is 324 g/mol. The second-order valence-electron chi connectivity index (χ2n) is 3.62. The number of thiophene rings is 1. The van der Waals surface area contributed by atoms with E-state index in [1.807, 2.05) is 25.1 Å². The average molecular weight is 326 g/mol. The Hall–Kier alpha value is 0.0800. The van der Waals surface area contributed by atoms with E-state index in [1.165, 1.54) is 11.3 Å². The third-order valence-corrected chi connectivity index (χ3v) is 4.96. The van der Waals surface area contributed by atoms with Gasteiger partial charge in [-0.3, -0.25) is 0 Å². The minimum atomic E-state index is -0.376. The number of aryl methyl sites for hydroxylation is 1. The van der Waals surface area contributed by atoms with Crippen molar-refractivity contribution in [3.8, 4) is 0 Å². The predicted octanol–water partition coefficient (Wildman–Crippen LogP) is 6.34. The van der Waals surface area contributed by atoms with Crippen LogP contribution in [0.1, 0.15) is 22.1 Å². The lowest BCUT2D eigenvalue weighted by Crippen LogP contribution is -1.94. The van der Waals surface area contributed by atoms with Crippen LogP contribution in [0.25, 0.3) is 0 Å². The number of benzene rings is 1. The molecule has 0 spiro atoms. The van der Waals surface area contributed by atoms with Crippen molar-refractivity contribution in [1.82, 2.24) is 0 Å². The van der Waals surface area contributed by atoms with Gasteiger partial charge in [-0.25, -0.2) is 0 Å². The maximum absolute atomic E-state index is 6.41. The molecule has 90 valence electrons. The van der Waals surface area contributed by atoms with Crippen molar-refractivity contribution in [2.75, 3.05) is 0 Å². The summed E-state index contributed by atoms with van der Waals surface area (Å²) in [6.07, 6.45) is 0. The maximum atomic E-state index is 6.41. The summed E-state index contributed by atoms with van der Waals surface area (Å²) in [7, 11) is 0. The molecule has 2 rings (SSSR count). The molecule has 0 aliphatic rings. The SMILES string of the molecule is Cc1cccc(C(Cl)c2cc(Cl)sc2Cl)c1Cl.